The van der Waals surface area contributed by atoms with Gasteiger partial charge in [-0.2, -0.15) is 5.10 Å². The summed E-state index contributed by atoms with van der Waals surface area (Å²) in [7, 11) is 1.89. The van der Waals surface area contributed by atoms with E-state index in [1.807, 2.05) is 13.1 Å². The third-order valence-corrected chi connectivity index (χ3v) is 3.65. The highest BCUT2D eigenvalue weighted by Gasteiger charge is 2.18. The largest absolute Gasteiger partial charge is 0.362 e. The molecule has 0 bridgehead atoms. The van der Waals surface area contributed by atoms with E-state index in [0.717, 1.165) is 16.9 Å². The van der Waals surface area contributed by atoms with Gasteiger partial charge in [-0.25, -0.2) is 9.97 Å². The van der Waals surface area contributed by atoms with Crippen LogP contribution in [0.4, 0.5) is 5.82 Å². The van der Waals surface area contributed by atoms with Crippen LogP contribution in [-0.2, 0) is 7.05 Å². The molecule has 0 amide bonds. The maximum absolute atomic E-state index is 4.39. The second-order valence-corrected chi connectivity index (χ2v) is 5.50. The zero-order valence-electron chi connectivity index (χ0n) is 12.5. The molecule has 0 spiro atoms. The zero-order valence-corrected chi connectivity index (χ0v) is 12.5. The molecule has 5 heteroatoms. The molecule has 1 N–H and O–H groups in total. The number of benzene rings is 1. The molecule has 0 fully saturated rings. The molecule has 0 aliphatic rings. The summed E-state index contributed by atoms with van der Waals surface area (Å²) in [6, 6.07) is 10.6. The molecule has 2 aromatic heterocycles. The predicted octanol–water partition coefficient (Wildman–Crippen LogP) is 3.17. The highest BCUT2D eigenvalue weighted by atomic mass is 15.3. The van der Waals surface area contributed by atoms with Crippen LogP contribution in [-0.4, -0.2) is 19.7 Å². The summed E-state index contributed by atoms with van der Waals surface area (Å²) in [4.78, 5) is 8.67. The number of rotatable bonds is 4. The molecule has 21 heavy (non-hydrogen) atoms. The van der Waals surface area contributed by atoms with Crippen molar-refractivity contribution >= 4 is 16.9 Å². The Labute approximate surface area is 124 Å². The van der Waals surface area contributed by atoms with Crippen molar-refractivity contribution in [3.63, 3.8) is 0 Å². The van der Waals surface area contributed by atoms with E-state index in [9.17, 15) is 0 Å². The summed E-state index contributed by atoms with van der Waals surface area (Å²) in [5, 5.41) is 8.75. The number of aromatic nitrogens is 4. The molecular formula is C16H19N5. The number of anilines is 1. The van der Waals surface area contributed by atoms with Gasteiger partial charge in [-0.15, -0.1) is 0 Å². The van der Waals surface area contributed by atoms with Gasteiger partial charge in [0, 0.05) is 7.05 Å². The molecular weight excluding hydrogens is 262 g/mol. The van der Waals surface area contributed by atoms with E-state index in [2.05, 4.69) is 58.5 Å². The number of nitrogens with zero attached hydrogens (tertiary/aromatic N) is 4. The monoisotopic (exact) mass is 281 g/mol. The molecule has 0 saturated carbocycles. The first kappa shape index (κ1) is 13.5. The molecule has 5 nitrogen and oxygen atoms in total. The lowest BCUT2D eigenvalue weighted by atomic mass is 9.96. The van der Waals surface area contributed by atoms with Crippen molar-refractivity contribution in [1.82, 2.24) is 19.7 Å². The van der Waals surface area contributed by atoms with Gasteiger partial charge in [0.15, 0.2) is 5.65 Å². The van der Waals surface area contributed by atoms with Crippen molar-refractivity contribution in [2.75, 3.05) is 5.32 Å². The maximum atomic E-state index is 4.39. The molecule has 0 aliphatic heterocycles. The van der Waals surface area contributed by atoms with Crippen LogP contribution in [0.25, 0.3) is 11.0 Å². The summed E-state index contributed by atoms with van der Waals surface area (Å²) in [6.07, 6.45) is 3.38. The zero-order chi connectivity index (χ0) is 14.8. The second kappa shape index (κ2) is 5.52. The van der Waals surface area contributed by atoms with Crippen LogP contribution < -0.4 is 5.32 Å². The highest BCUT2D eigenvalue weighted by Crippen LogP contribution is 2.28. The normalized spacial score (nSPS) is 12.8. The summed E-state index contributed by atoms with van der Waals surface area (Å²) in [5.41, 5.74) is 2.09. The summed E-state index contributed by atoms with van der Waals surface area (Å²) >= 11 is 0. The minimum absolute atomic E-state index is 0.199. The Morgan fingerprint density at radius 2 is 1.86 bits per heavy atom. The molecule has 3 aromatic rings. The second-order valence-electron chi connectivity index (χ2n) is 5.50. The predicted molar refractivity (Wildman–Crippen MR) is 83.9 cm³/mol. The van der Waals surface area contributed by atoms with Gasteiger partial charge in [0.25, 0.3) is 0 Å². The average Bonchev–Trinajstić information content (AvgIpc) is 2.88. The van der Waals surface area contributed by atoms with Gasteiger partial charge in [-0.3, -0.25) is 4.68 Å². The number of nitrogens with one attached hydrogen (secondary N) is 1. The third-order valence-electron chi connectivity index (χ3n) is 3.65. The van der Waals surface area contributed by atoms with Crippen LogP contribution >= 0.6 is 0 Å². The molecule has 0 aliphatic carbocycles. The fourth-order valence-corrected chi connectivity index (χ4v) is 2.52. The van der Waals surface area contributed by atoms with Gasteiger partial charge in [0.05, 0.1) is 17.6 Å². The minimum atomic E-state index is 0.199. The van der Waals surface area contributed by atoms with Gasteiger partial charge in [0.2, 0.25) is 0 Å². The van der Waals surface area contributed by atoms with Crippen molar-refractivity contribution in [3.8, 4) is 0 Å². The van der Waals surface area contributed by atoms with Crippen molar-refractivity contribution < 1.29 is 0 Å². The van der Waals surface area contributed by atoms with Crippen LogP contribution in [0.3, 0.4) is 0 Å². The lowest BCUT2D eigenvalue weighted by Gasteiger charge is -2.23. The molecule has 0 saturated heterocycles. The van der Waals surface area contributed by atoms with Gasteiger partial charge in [-0.1, -0.05) is 44.2 Å². The molecule has 2 heterocycles. The van der Waals surface area contributed by atoms with E-state index < -0.39 is 0 Å². The molecule has 3 rings (SSSR count). The standard InChI is InChI=1S/C16H19N5/c1-11(2)14(12-7-5-4-6-8-12)20-15-13-9-19-21(3)16(13)18-10-17-15/h4-11,14H,1-3H3,(H,17,18,20). The number of hydrogen-bond acceptors (Lipinski definition) is 4. The van der Waals surface area contributed by atoms with Crippen molar-refractivity contribution in [2.24, 2.45) is 13.0 Å². The molecule has 108 valence electrons. The quantitative estimate of drug-likeness (QED) is 0.798. The first-order chi connectivity index (χ1) is 10.2. The van der Waals surface area contributed by atoms with Crippen LogP contribution in [0.15, 0.2) is 42.9 Å². The average molecular weight is 281 g/mol. The Morgan fingerprint density at radius 1 is 1.10 bits per heavy atom. The van der Waals surface area contributed by atoms with E-state index >= 15 is 0 Å². The Bertz CT molecular complexity index is 733. The SMILES string of the molecule is CC(C)C(Nc1ncnc2c1cnn2C)c1ccccc1. The van der Waals surface area contributed by atoms with Gasteiger partial charge < -0.3 is 5.32 Å². The Kier molecular flexibility index (Phi) is 3.56. The Balaban J connectivity index is 1.99. The summed E-state index contributed by atoms with van der Waals surface area (Å²) in [5.74, 6) is 1.27. The van der Waals surface area contributed by atoms with Crippen LogP contribution in [0, 0.1) is 5.92 Å². The van der Waals surface area contributed by atoms with Gasteiger partial charge in [-0.05, 0) is 11.5 Å². The smallest absolute Gasteiger partial charge is 0.163 e. The first-order valence-corrected chi connectivity index (χ1v) is 7.11. The van der Waals surface area contributed by atoms with E-state index in [1.54, 1.807) is 17.2 Å². The van der Waals surface area contributed by atoms with Crippen LogP contribution in [0.1, 0.15) is 25.5 Å². The van der Waals surface area contributed by atoms with Crippen molar-refractivity contribution in [2.45, 2.75) is 19.9 Å². The molecule has 1 atom stereocenters. The highest BCUT2D eigenvalue weighted by molar-refractivity contribution is 5.86. The summed E-state index contributed by atoms with van der Waals surface area (Å²) in [6.45, 7) is 4.40. The van der Waals surface area contributed by atoms with E-state index in [1.165, 1.54) is 5.56 Å². The van der Waals surface area contributed by atoms with E-state index in [-0.39, 0.29) is 6.04 Å². The first-order valence-electron chi connectivity index (χ1n) is 7.11. The number of fused-ring (bicyclic) bond motifs is 1. The summed E-state index contributed by atoms with van der Waals surface area (Å²) < 4.78 is 1.76. The van der Waals surface area contributed by atoms with Crippen molar-refractivity contribution in [3.05, 3.63) is 48.4 Å². The number of aryl methyl sites for hydroxylation is 1. The minimum Gasteiger partial charge on any atom is -0.362 e. The third kappa shape index (κ3) is 2.59. The topological polar surface area (TPSA) is 55.6 Å². The van der Waals surface area contributed by atoms with E-state index in [0.29, 0.717) is 5.92 Å². The Hall–Kier alpha value is -2.43. The number of hydrogen-bond donors (Lipinski definition) is 1. The Morgan fingerprint density at radius 3 is 2.57 bits per heavy atom. The van der Waals surface area contributed by atoms with Crippen LogP contribution in [0.2, 0.25) is 0 Å². The molecule has 0 radical (unpaired) electrons. The molecule has 1 unspecified atom stereocenters. The van der Waals surface area contributed by atoms with Gasteiger partial charge in [0.1, 0.15) is 12.1 Å². The fourth-order valence-electron chi connectivity index (χ4n) is 2.52. The lowest BCUT2D eigenvalue weighted by Crippen LogP contribution is -2.17. The molecule has 1 aromatic carbocycles. The fraction of sp³-hybridized carbons (Fsp3) is 0.312. The lowest BCUT2D eigenvalue weighted by molar-refractivity contribution is 0.545. The maximum Gasteiger partial charge on any atom is 0.163 e. The van der Waals surface area contributed by atoms with Crippen LogP contribution in [0.5, 0.6) is 0 Å². The van der Waals surface area contributed by atoms with E-state index in [4.69, 9.17) is 0 Å². The van der Waals surface area contributed by atoms with Gasteiger partial charge >= 0.3 is 0 Å². The van der Waals surface area contributed by atoms with Crippen molar-refractivity contribution in [1.29, 1.82) is 0 Å².